The van der Waals surface area contributed by atoms with Crippen LogP contribution in [0.25, 0.3) is 0 Å². The van der Waals surface area contributed by atoms with Gasteiger partial charge in [0, 0.05) is 0 Å². The molecule has 0 saturated heterocycles. The molecule has 0 fully saturated rings. The molecule has 0 heterocycles. The first-order chi connectivity index (χ1) is 2.27. The van der Waals surface area contributed by atoms with Gasteiger partial charge in [-0.3, -0.25) is 5.41 Å². The van der Waals surface area contributed by atoms with E-state index in [0.29, 0.717) is 0 Å². The van der Waals surface area contributed by atoms with Crippen LogP contribution in [0, 0.1) is 5.41 Å². The fourth-order valence-corrected chi connectivity index (χ4v) is 0. The second-order valence-corrected chi connectivity index (χ2v) is 0.670. The zero-order valence-electron chi connectivity index (χ0n) is 2.69. The van der Waals surface area contributed by atoms with Gasteiger partial charge in [-0.15, -0.1) is 0 Å². The summed E-state index contributed by atoms with van der Waals surface area (Å²) < 4.78 is 0. The third-order valence-corrected chi connectivity index (χ3v) is 0.156. The van der Waals surface area contributed by atoms with E-state index in [0.717, 1.165) is 0 Å². The maximum Gasteiger partial charge on any atom is 0.139 e. The molecule has 0 rings (SSSR count). The first-order valence-electron chi connectivity index (χ1n) is 1.18. The van der Waals surface area contributed by atoms with E-state index >= 15 is 0 Å². The van der Waals surface area contributed by atoms with Gasteiger partial charge in [-0.25, -0.2) is 5.11 Å². The van der Waals surface area contributed by atoms with Gasteiger partial charge in [0.1, 0.15) is 12.4 Å². The Hall–Kier alpha value is -0.570. The van der Waals surface area contributed by atoms with Crippen molar-refractivity contribution in [3.63, 3.8) is 0 Å². The van der Waals surface area contributed by atoms with Crippen LogP contribution in [0.5, 0.6) is 0 Å². The summed E-state index contributed by atoms with van der Waals surface area (Å²) >= 11 is 0. The molecule has 0 aliphatic heterocycles. The second kappa shape index (κ2) is 1.72. The molecule has 0 aliphatic rings. The summed E-state index contributed by atoms with van der Waals surface area (Å²) in [5, 5.41) is 15.5. The van der Waals surface area contributed by atoms with Crippen molar-refractivity contribution in [2.24, 2.45) is 5.73 Å². The normalized spacial score (nSPS) is 7.40. The highest BCUT2D eigenvalue weighted by molar-refractivity contribution is 5.77. The van der Waals surface area contributed by atoms with E-state index in [1.54, 1.807) is 0 Å². The van der Waals surface area contributed by atoms with Gasteiger partial charge in [-0.2, -0.15) is 0 Å². The van der Waals surface area contributed by atoms with Crippen molar-refractivity contribution >= 4 is 5.84 Å². The summed E-state index contributed by atoms with van der Waals surface area (Å²) in [6, 6.07) is 0. The summed E-state index contributed by atoms with van der Waals surface area (Å²) in [6.45, 7) is -0.583. The summed E-state index contributed by atoms with van der Waals surface area (Å²) in [7, 11) is 0. The minimum Gasteiger partial charge on any atom is -0.386 e. The number of hydrogen-bond donors (Lipinski definition) is 2. The number of hydrogen-bond acceptors (Lipinski definition) is 1. The molecule has 29 valence electrons. The van der Waals surface area contributed by atoms with Crippen LogP contribution < -0.4 is 5.73 Å². The van der Waals surface area contributed by atoms with E-state index in [-0.39, 0.29) is 5.84 Å². The van der Waals surface area contributed by atoms with Crippen molar-refractivity contribution in [2.75, 3.05) is 6.61 Å². The minimum absolute atomic E-state index is 0.301. The van der Waals surface area contributed by atoms with Gasteiger partial charge in [0.15, 0.2) is 0 Å². The largest absolute Gasteiger partial charge is 0.386 e. The molecule has 0 spiro atoms. The molecule has 0 unspecified atom stereocenters. The Labute approximate surface area is 29.9 Å². The topological polar surface area (TPSA) is 69.8 Å². The quantitative estimate of drug-likeness (QED) is 0.314. The van der Waals surface area contributed by atoms with Crippen LogP contribution in [0.15, 0.2) is 0 Å². The van der Waals surface area contributed by atoms with E-state index in [1.165, 1.54) is 0 Å². The maximum atomic E-state index is 9.28. The number of amidine groups is 1. The van der Waals surface area contributed by atoms with Crippen molar-refractivity contribution in [1.82, 2.24) is 0 Å². The van der Waals surface area contributed by atoms with E-state index in [4.69, 9.17) is 5.41 Å². The molecule has 0 amide bonds. The summed E-state index contributed by atoms with van der Waals surface area (Å²) in [5.74, 6) is -0.301. The standard InChI is InChI=1S/C2H5N2O/c3-2(4)1-5/h1H2,(H3,3,4). The Bertz CT molecular complexity index is 42.9. The summed E-state index contributed by atoms with van der Waals surface area (Å²) in [4.78, 5) is 0. The molecular formula is C2H5N2O. The summed E-state index contributed by atoms with van der Waals surface area (Å²) in [5.41, 5.74) is 4.56. The fourth-order valence-electron chi connectivity index (χ4n) is 0. The molecular weight excluding hydrogens is 68.0 g/mol. The monoisotopic (exact) mass is 73.0 g/mol. The van der Waals surface area contributed by atoms with Crippen LogP contribution >= 0.6 is 0 Å². The molecule has 0 aromatic rings. The lowest BCUT2D eigenvalue weighted by Crippen LogP contribution is -2.12. The van der Waals surface area contributed by atoms with Gasteiger partial charge in [-0.1, -0.05) is 0 Å². The SMILES string of the molecule is N=C(N)C[O]. The lowest BCUT2D eigenvalue weighted by molar-refractivity contribution is 0.243. The molecule has 3 N–H and O–H groups in total. The molecule has 0 aromatic heterocycles. The Morgan fingerprint density at radius 1 is 2.00 bits per heavy atom. The molecule has 0 aromatic carbocycles. The van der Waals surface area contributed by atoms with Gasteiger partial charge >= 0.3 is 0 Å². The first kappa shape index (κ1) is 4.43. The van der Waals surface area contributed by atoms with E-state index in [2.05, 4.69) is 5.73 Å². The molecule has 1 radical (unpaired) electrons. The zero-order valence-corrected chi connectivity index (χ0v) is 2.69. The van der Waals surface area contributed by atoms with Gasteiger partial charge in [-0.05, 0) is 0 Å². The molecule has 5 heavy (non-hydrogen) atoms. The van der Waals surface area contributed by atoms with Crippen LogP contribution in [0.2, 0.25) is 0 Å². The van der Waals surface area contributed by atoms with E-state index < -0.39 is 6.61 Å². The van der Waals surface area contributed by atoms with Crippen LogP contribution in [0.4, 0.5) is 0 Å². The molecule has 0 aliphatic carbocycles. The third-order valence-electron chi connectivity index (χ3n) is 0.156. The summed E-state index contributed by atoms with van der Waals surface area (Å²) in [6.07, 6.45) is 0. The van der Waals surface area contributed by atoms with Crippen LogP contribution in [-0.4, -0.2) is 12.4 Å². The highest BCUT2D eigenvalue weighted by Crippen LogP contribution is 1.46. The fraction of sp³-hybridized carbons (Fsp3) is 0.500. The van der Waals surface area contributed by atoms with Crippen molar-refractivity contribution in [2.45, 2.75) is 0 Å². The highest BCUT2D eigenvalue weighted by atomic mass is 16.3. The van der Waals surface area contributed by atoms with E-state index in [1.807, 2.05) is 0 Å². The first-order valence-corrected chi connectivity index (χ1v) is 1.18. The van der Waals surface area contributed by atoms with Crippen LogP contribution in [0.3, 0.4) is 0 Å². The van der Waals surface area contributed by atoms with Gasteiger partial charge in [0.25, 0.3) is 0 Å². The molecule has 3 heteroatoms. The molecule has 0 saturated carbocycles. The predicted molar refractivity (Wildman–Crippen MR) is 17.5 cm³/mol. The smallest absolute Gasteiger partial charge is 0.139 e. The number of nitrogens with two attached hydrogens (primary N) is 1. The average Bonchev–Trinajstić information content (AvgIpc) is 1.38. The number of nitrogens with one attached hydrogen (secondary N) is 1. The van der Waals surface area contributed by atoms with Crippen LogP contribution in [-0.2, 0) is 5.11 Å². The third kappa shape index (κ3) is 3.43. The van der Waals surface area contributed by atoms with Gasteiger partial charge in [0.05, 0.1) is 0 Å². The highest BCUT2D eigenvalue weighted by Gasteiger charge is 1.75. The van der Waals surface area contributed by atoms with Gasteiger partial charge < -0.3 is 5.73 Å². The Balaban J connectivity index is 2.85. The Morgan fingerprint density at radius 2 is 2.20 bits per heavy atom. The van der Waals surface area contributed by atoms with Crippen molar-refractivity contribution in [1.29, 1.82) is 5.41 Å². The molecule has 3 nitrogen and oxygen atoms in total. The molecule has 0 atom stereocenters. The van der Waals surface area contributed by atoms with Crippen molar-refractivity contribution in [3.8, 4) is 0 Å². The molecule has 0 bridgehead atoms. The zero-order chi connectivity index (χ0) is 4.28. The Kier molecular flexibility index (Phi) is 1.53. The van der Waals surface area contributed by atoms with Crippen molar-refractivity contribution in [3.05, 3.63) is 0 Å². The average molecular weight is 73.1 g/mol. The second-order valence-electron chi connectivity index (χ2n) is 0.670. The lowest BCUT2D eigenvalue weighted by atomic mass is 10.7. The van der Waals surface area contributed by atoms with Crippen molar-refractivity contribution < 1.29 is 5.11 Å². The number of rotatable bonds is 1. The van der Waals surface area contributed by atoms with Crippen LogP contribution in [0.1, 0.15) is 0 Å². The minimum atomic E-state index is -0.583. The van der Waals surface area contributed by atoms with E-state index in [9.17, 15) is 5.11 Å². The lowest BCUT2D eigenvalue weighted by Gasteiger charge is -1.76. The predicted octanol–water partition coefficient (Wildman–Crippen LogP) is -0.647. The Morgan fingerprint density at radius 3 is 2.20 bits per heavy atom. The van der Waals surface area contributed by atoms with Gasteiger partial charge in [0.2, 0.25) is 0 Å². The maximum absolute atomic E-state index is 9.28.